The van der Waals surface area contributed by atoms with Gasteiger partial charge in [0.1, 0.15) is 12.2 Å². The summed E-state index contributed by atoms with van der Waals surface area (Å²) in [5.41, 5.74) is 1.70. The van der Waals surface area contributed by atoms with Crippen LogP contribution < -0.4 is 15.5 Å². The molecule has 2 aromatic carbocycles. The Hall–Kier alpha value is -3.44. The Bertz CT molecular complexity index is 1590. The van der Waals surface area contributed by atoms with Gasteiger partial charge in [-0.2, -0.15) is 13.2 Å². The topological polar surface area (TPSA) is 84.3 Å². The van der Waals surface area contributed by atoms with E-state index in [-0.39, 0.29) is 35.9 Å². The number of nitrogens with one attached hydrogen (secondary N) is 2. The van der Waals surface area contributed by atoms with Crippen molar-refractivity contribution in [2.24, 2.45) is 7.05 Å². The van der Waals surface area contributed by atoms with Crippen LogP contribution in [-0.4, -0.2) is 45.5 Å². The predicted octanol–water partition coefficient (Wildman–Crippen LogP) is 6.09. The number of halogens is 3. The monoisotopic (exact) mass is 608 g/mol. The highest BCUT2D eigenvalue weighted by molar-refractivity contribution is 6.10. The highest BCUT2D eigenvalue weighted by Crippen LogP contribution is 2.51. The number of amides is 1. The molecule has 3 aliphatic carbocycles. The maximum absolute atomic E-state index is 14.4. The van der Waals surface area contributed by atoms with Crippen LogP contribution in [0.25, 0.3) is 0 Å². The van der Waals surface area contributed by atoms with Gasteiger partial charge in [-0.3, -0.25) is 4.79 Å². The summed E-state index contributed by atoms with van der Waals surface area (Å²) in [5, 5.41) is 15.6. The first-order chi connectivity index (χ1) is 21.0. The highest BCUT2D eigenvalue weighted by Gasteiger charge is 2.51. The Morgan fingerprint density at radius 3 is 2.45 bits per heavy atom. The lowest BCUT2D eigenvalue weighted by molar-refractivity contribution is -0.138. The normalized spacial score (nSPS) is 24.5. The largest absolute Gasteiger partial charge is 0.416 e. The molecule has 1 amide bonds. The average Bonchev–Trinajstić information content (AvgIpc) is 3.50. The number of fused-ring (bicyclic) bond motifs is 1. The van der Waals surface area contributed by atoms with E-state index in [0.717, 1.165) is 55.6 Å². The molecule has 0 bridgehead atoms. The van der Waals surface area contributed by atoms with Crippen molar-refractivity contribution in [1.29, 1.82) is 0 Å². The van der Waals surface area contributed by atoms with Crippen LogP contribution in [0.15, 0.2) is 36.7 Å². The fourth-order valence-corrected chi connectivity index (χ4v) is 7.29. The van der Waals surface area contributed by atoms with E-state index in [2.05, 4.69) is 33.8 Å². The summed E-state index contributed by atoms with van der Waals surface area (Å²) >= 11 is 0. The molecule has 0 atom stereocenters. The van der Waals surface area contributed by atoms with Crippen LogP contribution in [0.1, 0.15) is 96.7 Å². The van der Waals surface area contributed by atoms with Gasteiger partial charge in [-0.25, -0.2) is 0 Å². The molecule has 7 rings (SSSR count). The van der Waals surface area contributed by atoms with Gasteiger partial charge in [0.05, 0.1) is 23.6 Å². The maximum Gasteiger partial charge on any atom is 0.416 e. The smallest absolute Gasteiger partial charge is 0.382 e. The molecule has 44 heavy (non-hydrogen) atoms. The molecule has 3 saturated carbocycles. The zero-order valence-corrected chi connectivity index (χ0v) is 25.4. The summed E-state index contributed by atoms with van der Waals surface area (Å²) in [6.07, 6.45) is 4.86. The van der Waals surface area contributed by atoms with E-state index in [1.54, 1.807) is 19.5 Å². The minimum absolute atomic E-state index is 0.0334. The van der Waals surface area contributed by atoms with Gasteiger partial charge in [0.2, 0.25) is 0 Å². The van der Waals surface area contributed by atoms with E-state index in [0.29, 0.717) is 30.1 Å². The second-order valence-electron chi connectivity index (χ2n) is 13.5. The third-order valence-electron chi connectivity index (χ3n) is 10.5. The second-order valence-corrected chi connectivity index (χ2v) is 13.5. The molecule has 234 valence electrons. The van der Waals surface area contributed by atoms with E-state index < -0.39 is 23.1 Å². The lowest BCUT2D eigenvalue weighted by Gasteiger charge is -2.46. The fraction of sp³-hybridized carbons (Fsp3) is 0.545. The summed E-state index contributed by atoms with van der Waals surface area (Å²) in [4.78, 5) is 15.5. The molecule has 3 fully saturated rings. The Morgan fingerprint density at radius 2 is 1.86 bits per heavy atom. The van der Waals surface area contributed by atoms with E-state index in [9.17, 15) is 18.0 Å². The first kappa shape index (κ1) is 29.3. The van der Waals surface area contributed by atoms with Gasteiger partial charge in [-0.1, -0.05) is 0 Å². The van der Waals surface area contributed by atoms with Crippen molar-refractivity contribution in [3.8, 4) is 0 Å². The number of aryl methyl sites for hydroxylation is 1. The molecule has 0 radical (unpaired) electrons. The number of anilines is 2. The summed E-state index contributed by atoms with van der Waals surface area (Å²) in [6.45, 7) is 2.23. The van der Waals surface area contributed by atoms with Crippen LogP contribution in [0.5, 0.6) is 0 Å². The minimum Gasteiger partial charge on any atom is -0.382 e. The fourth-order valence-electron chi connectivity index (χ4n) is 7.29. The molecule has 0 saturated heterocycles. The molecule has 8 nitrogen and oxygen atoms in total. The van der Waals surface area contributed by atoms with Crippen molar-refractivity contribution in [2.45, 2.75) is 101 Å². The van der Waals surface area contributed by atoms with Gasteiger partial charge in [-0.15, -0.1) is 10.2 Å². The van der Waals surface area contributed by atoms with Crippen molar-refractivity contribution >= 4 is 17.3 Å². The van der Waals surface area contributed by atoms with Crippen molar-refractivity contribution < 1.29 is 22.7 Å². The molecule has 2 N–H and O–H groups in total. The number of hydrogen-bond acceptors (Lipinski definition) is 6. The van der Waals surface area contributed by atoms with Crippen LogP contribution in [0.3, 0.4) is 0 Å². The van der Waals surface area contributed by atoms with E-state index in [1.165, 1.54) is 11.0 Å². The molecule has 1 aliphatic heterocycles. The highest BCUT2D eigenvalue weighted by atomic mass is 19.4. The SMILES string of the molecule is COC1CC(c2cc(NC3CCC3)cc(N3Cc4c(cc(CNC5(C)CCC5)cc4C(F)(F)F)C3=O)c2)(c2nncn2C)C1. The Balaban J connectivity index is 1.28. The number of hydrogen-bond donors (Lipinski definition) is 2. The number of alkyl halides is 3. The van der Waals surface area contributed by atoms with Crippen LogP contribution in [0, 0.1) is 0 Å². The minimum atomic E-state index is -4.58. The van der Waals surface area contributed by atoms with Gasteiger partial charge in [0, 0.05) is 49.2 Å². The summed E-state index contributed by atoms with van der Waals surface area (Å²) < 4.78 is 50.9. The van der Waals surface area contributed by atoms with Crippen molar-refractivity contribution in [2.75, 3.05) is 17.3 Å². The van der Waals surface area contributed by atoms with Gasteiger partial charge in [0.25, 0.3) is 5.91 Å². The Kier molecular flexibility index (Phi) is 7.04. The number of rotatable bonds is 9. The summed E-state index contributed by atoms with van der Waals surface area (Å²) in [6, 6.07) is 9.14. The third kappa shape index (κ3) is 4.98. The predicted molar refractivity (Wildman–Crippen MR) is 161 cm³/mol. The molecule has 3 aromatic rings. The third-order valence-corrected chi connectivity index (χ3v) is 10.5. The zero-order chi connectivity index (χ0) is 30.9. The van der Waals surface area contributed by atoms with Gasteiger partial charge in [-0.05, 0) is 105 Å². The maximum atomic E-state index is 14.4. The number of methoxy groups -OCH3 is 1. The standard InChI is InChI=1S/C33H39F3N6O2/c1-31(8-5-9-31)37-17-20-10-26-27(28(11-20)33(34,35)36)18-42(29(26)43)24-13-21(12-23(14-24)39-22-6-4-7-22)32(15-25(16-32)44-3)30-40-38-19-41(30)2/h10-14,19,22,25,37,39H,4-9,15-18H2,1-3H3. The van der Waals surface area contributed by atoms with Crippen LogP contribution in [0.2, 0.25) is 0 Å². The van der Waals surface area contributed by atoms with Crippen molar-refractivity contribution in [1.82, 2.24) is 20.1 Å². The molecule has 0 spiro atoms. The number of carbonyl (C=O) groups excluding carboxylic acids is 1. The molecule has 2 heterocycles. The first-order valence-electron chi connectivity index (χ1n) is 15.6. The van der Waals surface area contributed by atoms with Crippen LogP contribution in [-0.2, 0) is 36.5 Å². The molecule has 1 aromatic heterocycles. The quantitative estimate of drug-likeness (QED) is 0.306. The molecule has 11 heteroatoms. The summed E-state index contributed by atoms with van der Waals surface area (Å²) in [7, 11) is 3.60. The van der Waals surface area contributed by atoms with Gasteiger partial charge in [0.15, 0.2) is 0 Å². The number of aromatic nitrogens is 3. The van der Waals surface area contributed by atoms with Gasteiger partial charge >= 0.3 is 6.18 Å². The van der Waals surface area contributed by atoms with E-state index >= 15 is 0 Å². The lowest BCUT2D eigenvalue weighted by atomic mass is 9.61. The molecule has 4 aliphatic rings. The van der Waals surface area contributed by atoms with Crippen LogP contribution in [0.4, 0.5) is 24.5 Å². The molecular formula is C33H39F3N6O2. The Morgan fingerprint density at radius 1 is 1.09 bits per heavy atom. The first-order valence-corrected chi connectivity index (χ1v) is 15.6. The van der Waals surface area contributed by atoms with E-state index in [1.807, 2.05) is 23.7 Å². The summed E-state index contributed by atoms with van der Waals surface area (Å²) in [5.74, 6) is 0.385. The van der Waals surface area contributed by atoms with Gasteiger partial charge < -0.3 is 24.8 Å². The second kappa shape index (κ2) is 10.6. The van der Waals surface area contributed by atoms with E-state index in [4.69, 9.17) is 4.74 Å². The lowest BCUT2D eigenvalue weighted by Crippen LogP contribution is -2.48. The zero-order valence-electron chi connectivity index (χ0n) is 25.4. The number of ether oxygens (including phenoxy) is 1. The average molecular weight is 609 g/mol. The Labute approximate surface area is 255 Å². The number of carbonyl (C=O) groups is 1. The number of nitrogens with zero attached hydrogens (tertiary/aromatic N) is 4. The van der Waals surface area contributed by atoms with Crippen molar-refractivity contribution in [3.63, 3.8) is 0 Å². The van der Waals surface area contributed by atoms with Crippen LogP contribution >= 0.6 is 0 Å². The molecular weight excluding hydrogens is 569 g/mol. The number of benzene rings is 2. The molecule has 0 unspecified atom stereocenters. The van der Waals surface area contributed by atoms with Crippen molar-refractivity contribution in [3.05, 3.63) is 70.3 Å².